The molecule has 1 N–H and O–H groups in total. The lowest BCUT2D eigenvalue weighted by Gasteiger charge is -2.46. The number of rotatable bonds is 5. The summed E-state index contributed by atoms with van der Waals surface area (Å²) < 4.78 is 23.5. The maximum Gasteiger partial charge on any atom is 0.251 e. The minimum atomic E-state index is -0.675. The molecule has 152 valence electrons. The first-order valence-electron chi connectivity index (χ1n) is 9.54. The predicted octanol–water partition coefficient (Wildman–Crippen LogP) is 2.02. The topological polar surface area (TPSA) is 78.4 Å². The van der Waals surface area contributed by atoms with Gasteiger partial charge in [-0.05, 0) is 24.3 Å². The Kier molecular flexibility index (Phi) is 5.89. The summed E-state index contributed by atoms with van der Waals surface area (Å²) >= 11 is 0. The van der Waals surface area contributed by atoms with Crippen LogP contribution in [0.1, 0.15) is 15.9 Å². The quantitative estimate of drug-likeness (QED) is 0.837. The van der Waals surface area contributed by atoms with E-state index in [9.17, 15) is 4.79 Å². The van der Waals surface area contributed by atoms with Gasteiger partial charge >= 0.3 is 0 Å². The lowest BCUT2D eigenvalue weighted by molar-refractivity contribution is -0.256. The summed E-state index contributed by atoms with van der Waals surface area (Å²) in [5.74, 6) is 0.316. The first-order chi connectivity index (χ1) is 14.2. The number of carbonyl (C=O) groups excluding carboxylic acids is 1. The number of amides is 1. The maximum absolute atomic E-state index is 12.7. The molecule has 5 atom stereocenters. The van der Waals surface area contributed by atoms with Crippen molar-refractivity contribution in [3.05, 3.63) is 71.8 Å². The van der Waals surface area contributed by atoms with Gasteiger partial charge in [-0.2, -0.15) is 0 Å². The number of carbonyl (C=O) groups is 1. The molecule has 7 nitrogen and oxygen atoms in total. The molecule has 0 radical (unpaired) electrons. The van der Waals surface area contributed by atoms with Gasteiger partial charge in [-0.3, -0.25) is 4.79 Å². The summed E-state index contributed by atoms with van der Waals surface area (Å²) in [5.41, 5.74) is 1.44. The second kappa shape index (κ2) is 8.73. The van der Waals surface area contributed by atoms with Crippen molar-refractivity contribution in [3.8, 4) is 0 Å². The van der Waals surface area contributed by atoms with Gasteiger partial charge in [0.1, 0.15) is 18.2 Å². The van der Waals surface area contributed by atoms with Crippen molar-refractivity contribution in [2.45, 2.75) is 30.6 Å². The summed E-state index contributed by atoms with van der Waals surface area (Å²) in [4.78, 5) is 17.3. The lowest BCUT2D eigenvalue weighted by atomic mass is 9.94. The maximum atomic E-state index is 12.7. The molecule has 4 rings (SSSR count). The zero-order chi connectivity index (χ0) is 20.2. The molecule has 0 bridgehead atoms. The van der Waals surface area contributed by atoms with Crippen LogP contribution in [0.4, 0.5) is 0 Å². The minimum absolute atomic E-state index is 0.227. The molecule has 2 aliphatic heterocycles. The van der Waals surface area contributed by atoms with Gasteiger partial charge in [-0.1, -0.05) is 36.4 Å². The van der Waals surface area contributed by atoms with Crippen molar-refractivity contribution in [2.75, 3.05) is 20.8 Å². The molecule has 0 unspecified atom stereocenters. The zero-order valence-electron chi connectivity index (χ0n) is 16.4. The molecule has 7 heteroatoms. The van der Waals surface area contributed by atoms with E-state index in [0.717, 1.165) is 5.56 Å². The number of fused-ring (bicyclic) bond motifs is 1. The van der Waals surface area contributed by atoms with Gasteiger partial charge in [0.25, 0.3) is 5.91 Å². The first-order valence-corrected chi connectivity index (χ1v) is 9.54. The molecule has 0 spiro atoms. The molecule has 1 amide bonds. The summed E-state index contributed by atoms with van der Waals surface area (Å²) in [6.45, 7) is 0.425. The van der Waals surface area contributed by atoms with Crippen molar-refractivity contribution in [3.63, 3.8) is 0 Å². The number of benzene rings is 2. The zero-order valence-corrected chi connectivity index (χ0v) is 16.4. The number of aliphatic imine (C=N–C) groups is 1. The fourth-order valence-electron chi connectivity index (χ4n) is 3.73. The van der Waals surface area contributed by atoms with Crippen LogP contribution in [0.5, 0.6) is 0 Å². The van der Waals surface area contributed by atoms with E-state index >= 15 is 0 Å². The number of ether oxygens (including phenoxy) is 4. The Bertz CT molecular complexity index is 858. The molecule has 29 heavy (non-hydrogen) atoms. The third-order valence-corrected chi connectivity index (χ3v) is 5.17. The minimum Gasteiger partial charge on any atom is -0.468 e. The Hall–Kier alpha value is -2.74. The molecule has 1 fully saturated rings. The predicted molar refractivity (Wildman–Crippen MR) is 107 cm³/mol. The van der Waals surface area contributed by atoms with E-state index < -0.39 is 24.5 Å². The Morgan fingerprint density at radius 1 is 1.03 bits per heavy atom. The van der Waals surface area contributed by atoms with Crippen molar-refractivity contribution in [1.29, 1.82) is 0 Å². The van der Waals surface area contributed by atoms with E-state index in [2.05, 4.69) is 10.3 Å². The van der Waals surface area contributed by atoms with E-state index in [0.29, 0.717) is 18.0 Å². The monoisotopic (exact) mass is 396 g/mol. The Balaban J connectivity index is 1.57. The second-order valence-corrected chi connectivity index (χ2v) is 6.94. The smallest absolute Gasteiger partial charge is 0.251 e. The highest BCUT2D eigenvalue weighted by molar-refractivity contribution is 5.95. The molecule has 0 saturated carbocycles. The van der Waals surface area contributed by atoms with Crippen LogP contribution < -0.4 is 5.32 Å². The van der Waals surface area contributed by atoms with Crippen LogP contribution in [0.2, 0.25) is 0 Å². The molecule has 2 heterocycles. The summed E-state index contributed by atoms with van der Waals surface area (Å²) in [6, 6.07) is 18.1. The van der Waals surface area contributed by atoms with Crippen LogP contribution in [0, 0.1) is 0 Å². The van der Waals surface area contributed by atoms with Crippen molar-refractivity contribution >= 4 is 11.8 Å². The fraction of sp³-hybridized carbons (Fsp3) is 0.364. The molecule has 2 aliphatic rings. The van der Waals surface area contributed by atoms with Gasteiger partial charge in [0, 0.05) is 25.3 Å². The molecule has 2 aromatic carbocycles. The van der Waals surface area contributed by atoms with E-state index in [1.807, 2.05) is 48.5 Å². The average Bonchev–Trinajstić information content (AvgIpc) is 2.79. The van der Waals surface area contributed by atoms with E-state index in [4.69, 9.17) is 18.9 Å². The van der Waals surface area contributed by atoms with Gasteiger partial charge in [0.2, 0.25) is 5.90 Å². The van der Waals surface area contributed by atoms with Crippen LogP contribution in [-0.4, -0.2) is 63.2 Å². The highest BCUT2D eigenvalue weighted by Gasteiger charge is 2.50. The van der Waals surface area contributed by atoms with Gasteiger partial charge in [-0.15, -0.1) is 0 Å². The number of hydrogen-bond donors (Lipinski definition) is 1. The molecular weight excluding hydrogens is 372 g/mol. The van der Waals surface area contributed by atoms with E-state index in [1.165, 1.54) is 0 Å². The van der Waals surface area contributed by atoms with Crippen LogP contribution in [0.15, 0.2) is 65.7 Å². The van der Waals surface area contributed by atoms with Gasteiger partial charge in [0.05, 0.1) is 6.54 Å². The van der Waals surface area contributed by atoms with Crippen molar-refractivity contribution < 1.29 is 23.7 Å². The summed E-state index contributed by atoms with van der Waals surface area (Å²) in [6.07, 6.45) is -1.91. The molecule has 0 aliphatic carbocycles. The number of methoxy groups -OCH3 is 2. The fourth-order valence-corrected chi connectivity index (χ4v) is 3.73. The first kappa shape index (κ1) is 19.6. The van der Waals surface area contributed by atoms with Crippen LogP contribution >= 0.6 is 0 Å². The van der Waals surface area contributed by atoms with Gasteiger partial charge in [0.15, 0.2) is 12.4 Å². The van der Waals surface area contributed by atoms with Crippen molar-refractivity contribution in [1.82, 2.24) is 5.32 Å². The molecule has 0 aromatic heterocycles. The Morgan fingerprint density at radius 2 is 1.72 bits per heavy atom. The number of nitrogens with zero attached hydrogens (tertiary/aromatic N) is 1. The second-order valence-electron chi connectivity index (χ2n) is 6.94. The van der Waals surface area contributed by atoms with Crippen LogP contribution in [-0.2, 0) is 18.9 Å². The molecule has 1 saturated heterocycles. The van der Waals surface area contributed by atoms with Crippen LogP contribution in [0.3, 0.4) is 0 Å². The highest BCUT2D eigenvalue weighted by atomic mass is 16.7. The van der Waals surface area contributed by atoms with Crippen molar-refractivity contribution in [2.24, 2.45) is 4.99 Å². The van der Waals surface area contributed by atoms with E-state index in [1.54, 1.807) is 26.4 Å². The number of nitrogens with one attached hydrogen (secondary N) is 1. The third kappa shape index (κ3) is 4.03. The highest BCUT2D eigenvalue weighted by Crippen LogP contribution is 2.30. The van der Waals surface area contributed by atoms with Crippen LogP contribution in [0.25, 0.3) is 0 Å². The Morgan fingerprint density at radius 3 is 2.38 bits per heavy atom. The largest absolute Gasteiger partial charge is 0.468 e. The third-order valence-electron chi connectivity index (χ3n) is 5.17. The molecular formula is C22H24N2O5. The van der Waals surface area contributed by atoms with E-state index in [-0.39, 0.29) is 12.0 Å². The number of hydrogen-bond acceptors (Lipinski definition) is 6. The summed E-state index contributed by atoms with van der Waals surface area (Å²) in [7, 11) is 3.14. The van der Waals surface area contributed by atoms with Gasteiger partial charge < -0.3 is 24.3 Å². The summed E-state index contributed by atoms with van der Waals surface area (Å²) in [5, 5.41) is 2.99. The van der Waals surface area contributed by atoms with Gasteiger partial charge in [-0.25, -0.2) is 4.99 Å². The molecule has 2 aromatic rings. The normalized spacial score (nSPS) is 28.6. The lowest BCUT2D eigenvalue weighted by Crippen LogP contribution is -2.66. The standard InChI is InChI=1S/C22H24N2O5/c1-26-19-17(24-20(25)14-9-5-3-6-10-14)22(27-2)28-16-13-23-21(29-18(16)19)15-11-7-4-8-12-15/h3-12,16-19,22H,13H2,1-2H3,(H,24,25)/t16-,17+,18-,19+,22-/m0/s1. The SMILES string of the molecule is CO[C@H]1O[C@H]2CN=C(c3ccccc3)O[C@@H]2[C@H](OC)[C@H]1NC(=O)c1ccccc1. The average molecular weight is 396 g/mol. The Labute approximate surface area is 169 Å².